The van der Waals surface area contributed by atoms with Gasteiger partial charge in [0.25, 0.3) is 0 Å². The first-order valence-electron chi connectivity index (χ1n) is 15.9. The van der Waals surface area contributed by atoms with Crippen molar-refractivity contribution in [2.75, 3.05) is 39.8 Å². The van der Waals surface area contributed by atoms with Gasteiger partial charge in [-0.15, -0.1) is 0 Å². The molecule has 0 unspecified atom stereocenters. The van der Waals surface area contributed by atoms with Crippen molar-refractivity contribution in [1.82, 2.24) is 29.8 Å². The van der Waals surface area contributed by atoms with Crippen LogP contribution in [0.15, 0.2) is 0 Å². The van der Waals surface area contributed by atoms with Gasteiger partial charge in [0, 0.05) is 37.4 Å². The third-order valence-electron chi connectivity index (χ3n) is 10.4. The minimum Gasteiger partial charge on any atom is -0.342 e. The van der Waals surface area contributed by atoms with Crippen LogP contribution in [0.5, 0.6) is 0 Å². The molecule has 1 saturated carbocycles. The fourth-order valence-electron chi connectivity index (χ4n) is 7.75. The van der Waals surface area contributed by atoms with E-state index in [1.165, 1.54) is 43.4 Å². The smallest absolute Gasteiger partial charge is 0.246 e. The van der Waals surface area contributed by atoms with Crippen molar-refractivity contribution in [3.8, 4) is 0 Å². The molecule has 8 nitrogen and oxygen atoms in total. The minimum atomic E-state index is -0.686. The molecule has 3 aliphatic heterocycles. The summed E-state index contributed by atoms with van der Waals surface area (Å²) in [6.07, 6.45) is 12.8. The molecule has 1 spiro atoms. The second-order valence-corrected chi connectivity index (χ2v) is 13.0. The summed E-state index contributed by atoms with van der Waals surface area (Å²) >= 11 is 0. The van der Waals surface area contributed by atoms with Gasteiger partial charge in [-0.25, -0.2) is 0 Å². The zero-order valence-corrected chi connectivity index (χ0v) is 25.0. The molecule has 1 atom stereocenters. The Kier molecular flexibility index (Phi) is 9.01. The predicted octanol–water partition coefficient (Wildman–Crippen LogP) is 4.20. The number of rotatable bonds is 8. The van der Waals surface area contributed by atoms with Crippen molar-refractivity contribution in [2.45, 2.75) is 122 Å². The van der Waals surface area contributed by atoms with E-state index >= 15 is 0 Å². The Bertz CT molecular complexity index is 999. The number of aryl methyl sites for hydroxylation is 1. The van der Waals surface area contributed by atoms with Crippen molar-refractivity contribution in [3.05, 3.63) is 17.0 Å². The second kappa shape index (κ2) is 12.3. The van der Waals surface area contributed by atoms with Crippen LogP contribution in [0.3, 0.4) is 0 Å². The van der Waals surface area contributed by atoms with Crippen molar-refractivity contribution < 1.29 is 9.59 Å². The van der Waals surface area contributed by atoms with Gasteiger partial charge in [0.05, 0.1) is 11.7 Å². The monoisotopic (exact) mass is 540 g/mol. The van der Waals surface area contributed by atoms with Gasteiger partial charge in [-0.3, -0.25) is 19.2 Å². The first-order valence-corrected chi connectivity index (χ1v) is 15.9. The van der Waals surface area contributed by atoms with Crippen LogP contribution in [0.1, 0.15) is 107 Å². The number of unbranched alkanes of at least 4 members (excludes halogenated alkanes) is 1. The first-order chi connectivity index (χ1) is 18.8. The van der Waals surface area contributed by atoms with E-state index < -0.39 is 5.54 Å². The number of carbonyl (C=O) groups is 2. The molecule has 4 fully saturated rings. The number of hydrogen-bond donors (Lipinski definition) is 1. The standard InChI is InChI=1S/C31H52N6O2/c1-5-6-16-36-29(38)28(21-25-10-8-7-9-11-25)32-30(39)31(36)14-19-35(20-15-31)22-27-23(2)33-37(24(27)3)26-12-17-34(4)18-13-26/h25-26,28H,5-22H2,1-4H3,(H,32,39)/t28-/m0/s1. The molecular weight excluding hydrogens is 488 g/mol. The van der Waals surface area contributed by atoms with E-state index in [1.807, 2.05) is 4.90 Å². The summed E-state index contributed by atoms with van der Waals surface area (Å²) in [6, 6.07) is 0.153. The summed E-state index contributed by atoms with van der Waals surface area (Å²) in [5.74, 6) is 0.841. The Hall–Kier alpha value is -1.93. The highest BCUT2D eigenvalue weighted by Gasteiger charge is 2.53. The van der Waals surface area contributed by atoms with Crippen molar-refractivity contribution >= 4 is 11.8 Å². The maximum absolute atomic E-state index is 13.8. The summed E-state index contributed by atoms with van der Waals surface area (Å²) < 4.78 is 2.29. The van der Waals surface area contributed by atoms with E-state index in [1.54, 1.807) is 0 Å². The summed E-state index contributed by atoms with van der Waals surface area (Å²) in [4.78, 5) is 34.5. The highest BCUT2D eigenvalue weighted by atomic mass is 16.2. The maximum atomic E-state index is 13.8. The number of piperazine rings is 1. The Morgan fingerprint density at radius 2 is 1.67 bits per heavy atom. The lowest BCUT2D eigenvalue weighted by molar-refractivity contribution is -0.162. The number of amides is 2. The highest BCUT2D eigenvalue weighted by molar-refractivity contribution is 6.00. The Balaban J connectivity index is 1.25. The van der Waals surface area contributed by atoms with Gasteiger partial charge in [-0.1, -0.05) is 45.4 Å². The van der Waals surface area contributed by atoms with Crippen LogP contribution in [0.4, 0.5) is 0 Å². The zero-order chi connectivity index (χ0) is 27.6. The van der Waals surface area contributed by atoms with Gasteiger partial charge < -0.3 is 15.1 Å². The lowest BCUT2D eigenvalue weighted by atomic mass is 9.79. The number of aromatic nitrogens is 2. The van der Waals surface area contributed by atoms with E-state index in [2.05, 4.69) is 47.6 Å². The third-order valence-corrected chi connectivity index (χ3v) is 10.4. The van der Waals surface area contributed by atoms with Gasteiger partial charge in [-0.2, -0.15) is 5.10 Å². The normalized spacial score (nSPS) is 25.9. The average Bonchev–Trinajstić information content (AvgIpc) is 3.22. The third kappa shape index (κ3) is 5.92. The predicted molar refractivity (Wildman–Crippen MR) is 154 cm³/mol. The van der Waals surface area contributed by atoms with E-state index in [0.717, 1.165) is 70.5 Å². The van der Waals surface area contributed by atoms with Crippen molar-refractivity contribution in [1.29, 1.82) is 0 Å². The quantitative estimate of drug-likeness (QED) is 0.535. The lowest BCUT2D eigenvalue weighted by Crippen LogP contribution is -2.73. The van der Waals surface area contributed by atoms with Crippen molar-refractivity contribution in [2.24, 2.45) is 5.92 Å². The molecular formula is C31H52N6O2. The molecule has 0 radical (unpaired) electrons. The molecule has 0 aromatic carbocycles. The minimum absolute atomic E-state index is 0.0982. The summed E-state index contributed by atoms with van der Waals surface area (Å²) in [5.41, 5.74) is 3.08. The number of carbonyl (C=O) groups excluding carboxylic acids is 2. The molecule has 5 rings (SSSR count). The van der Waals surface area contributed by atoms with E-state index in [4.69, 9.17) is 5.10 Å². The van der Waals surface area contributed by atoms with Crippen LogP contribution < -0.4 is 5.32 Å². The molecule has 2 amide bonds. The first kappa shape index (κ1) is 28.6. The topological polar surface area (TPSA) is 73.7 Å². The number of likely N-dealkylation sites (tertiary alicyclic amines) is 2. The van der Waals surface area contributed by atoms with Gasteiger partial charge in [0.15, 0.2) is 0 Å². The molecule has 1 N–H and O–H groups in total. The van der Waals surface area contributed by atoms with Crippen LogP contribution in [0.25, 0.3) is 0 Å². The Labute approximate surface area is 235 Å². The van der Waals surface area contributed by atoms with E-state index in [9.17, 15) is 9.59 Å². The Morgan fingerprint density at radius 3 is 2.33 bits per heavy atom. The van der Waals surface area contributed by atoms with Crippen LogP contribution in [-0.2, 0) is 16.1 Å². The number of nitrogens with one attached hydrogen (secondary N) is 1. The van der Waals surface area contributed by atoms with Crippen LogP contribution in [0, 0.1) is 19.8 Å². The SMILES string of the molecule is CCCCN1C(=O)[C@H](CC2CCCCC2)NC(=O)C12CCN(Cc1c(C)nn(C3CCN(C)CC3)c1C)CC2. The van der Waals surface area contributed by atoms with Crippen LogP contribution in [0.2, 0.25) is 0 Å². The molecule has 39 heavy (non-hydrogen) atoms. The molecule has 1 aromatic heterocycles. The number of hydrogen-bond acceptors (Lipinski definition) is 5. The molecule has 4 heterocycles. The molecule has 8 heteroatoms. The summed E-state index contributed by atoms with van der Waals surface area (Å²) in [5, 5.41) is 8.23. The van der Waals surface area contributed by atoms with Gasteiger partial charge in [0.1, 0.15) is 11.6 Å². The molecule has 1 aromatic rings. The van der Waals surface area contributed by atoms with E-state index in [0.29, 0.717) is 31.3 Å². The lowest BCUT2D eigenvalue weighted by Gasteiger charge is -2.52. The largest absolute Gasteiger partial charge is 0.342 e. The van der Waals surface area contributed by atoms with Gasteiger partial charge in [-0.05, 0) is 78.4 Å². The van der Waals surface area contributed by atoms with E-state index in [-0.39, 0.29) is 17.9 Å². The van der Waals surface area contributed by atoms with Crippen LogP contribution in [-0.4, -0.2) is 87.6 Å². The summed E-state index contributed by atoms with van der Waals surface area (Å²) in [7, 11) is 2.20. The molecule has 4 aliphatic rings. The Morgan fingerprint density at radius 1 is 0.974 bits per heavy atom. The van der Waals surface area contributed by atoms with Gasteiger partial charge in [0.2, 0.25) is 11.8 Å². The second-order valence-electron chi connectivity index (χ2n) is 13.0. The fraction of sp³-hybridized carbons (Fsp3) is 0.839. The molecule has 218 valence electrons. The van der Waals surface area contributed by atoms with Crippen LogP contribution >= 0.6 is 0 Å². The number of piperidine rings is 2. The zero-order valence-electron chi connectivity index (χ0n) is 25.0. The number of nitrogens with zero attached hydrogens (tertiary/aromatic N) is 5. The highest BCUT2D eigenvalue weighted by Crippen LogP contribution is 2.37. The molecule has 0 bridgehead atoms. The summed E-state index contributed by atoms with van der Waals surface area (Å²) in [6.45, 7) is 12.0. The fourth-order valence-corrected chi connectivity index (χ4v) is 7.75. The average molecular weight is 541 g/mol. The van der Waals surface area contributed by atoms with Gasteiger partial charge >= 0.3 is 0 Å². The molecule has 3 saturated heterocycles. The molecule has 1 aliphatic carbocycles. The maximum Gasteiger partial charge on any atom is 0.246 e. The van der Waals surface area contributed by atoms with Crippen molar-refractivity contribution in [3.63, 3.8) is 0 Å².